The summed E-state index contributed by atoms with van der Waals surface area (Å²) < 4.78 is 97.0. The molecule has 3 aromatic rings. The van der Waals surface area contributed by atoms with Crippen LogP contribution in [-0.2, 0) is 33.2 Å². The van der Waals surface area contributed by atoms with Gasteiger partial charge in [-0.05, 0) is 69.4 Å². The highest BCUT2D eigenvalue weighted by Crippen LogP contribution is 2.46. The maximum atomic E-state index is 14.7. The van der Waals surface area contributed by atoms with Crippen molar-refractivity contribution in [3.8, 4) is 22.6 Å². The lowest BCUT2D eigenvalue weighted by molar-refractivity contribution is -0.627. The van der Waals surface area contributed by atoms with E-state index in [9.17, 15) is 35.4 Å². The van der Waals surface area contributed by atoms with Crippen molar-refractivity contribution in [2.75, 3.05) is 10.8 Å². The number of pyridine rings is 1. The Hall–Kier alpha value is -3.33. The Balaban J connectivity index is 1.89. The molecule has 1 fully saturated rings. The lowest BCUT2D eigenvalue weighted by Crippen LogP contribution is -2.44. The summed E-state index contributed by atoms with van der Waals surface area (Å²) in [7, 11) is -9.31. The predicted molar refractivity (Wildman–Crippen MR) is 156 cm³/mol. The second-order valence-corrected chi connectivity index (χ2v) is 13.7. The van der Waals surface area contributed by atoms with Gasteiger partial charge in [-0.3, -0.25) is 4.55 Å². The minimum absolute atomic E-state index is 0.0307. The molecule has 0 saturated heterocycles. The summed E-state index contributed by atoms with van der Waals surface area (Å²) in [6.07, 6.45) is 5.76. The molecular formula is C29H33F2N3O7S2. The molecule has 0 aliphatic heterocycles. The van der Waals surface area contributed by atoms with Crippen LogP contribution < -0.4 is 18.9 Å². The molecule has 10 nitrogen and oxygen atoms in total. The topological polar surface area (TPSA) is 154 Å². The van der Waals surface area contributed by atoms with E-state index in [-0.39, 0.29) is 45.4 Å². The van der Waals surface area contributed by atoms with E-state index < -0.39 is 37.9 Å². The maximum Gasteiger partial charge on any atom is 0.359 e. The predicted octanol–water partition coefficient (Wildman–Crippen LogP) is 5.26. The fraction of sp³-hybridized carbons (Fsp3) is 0.414. The van der Waals surface area contributed by atoms with Crippen LogP contribution in [-0.4, -0.2) is 27.9 Å². The average Bonchev–Trinajstić information content (AvgIpc) is 2.95. The molecule has 43 heavy (non-hydrogen) atoms. The largest absolute Gasteiger partial charge is 0.618 e. The first-order chi connectivity index (χ1) is 20.3. The number of nitrogens with two attached hydrogens (primary N) is 1. The summed E-state index contributed by atoms with van der Waals surface area (Å²) in [6.45, 7) is 1.32. The third-order valence-corrected chi connectivity index (χ3v) is 10.1. The number of anilines is 1. The van der Waals surface area contributed by atoms with Crippen LogP contribution in [0.2, 0.25) is 0 Å². The second-order valence-electron chi connectivity index (χ2n) is 10.9. The van der Waals surface area contributed by atoms with Crippen LogP contribution in [0.3, 0.4) is 0 Å². The molecule has 0 radical (unpaired) electrons. The van der Waals surface area contributed by atoms with E-state index in [1.54, 1.807) is 0 Å². The van der Waals surface area contributed by atoms with Crippen molar-refractivity contribution >= 4 is 26.0 Å². The van der Waals surface area contributed by atoms with Gasteiger partial charge in [-0.2, -0.15) is 13.1 Å². The Morgan fingerprint density at radius 1 is 1.00 bits per heavy atom. The average molecular weight is 638 g/mol. The normalized spacial score (nSPS) is 16.1. The molecule has 1 heterocycles. The van der Waals surface area contributed by atoms with Crippen LogP contribution in [0.25, 0.3) is 11.1 Å². The third kappa shape index (κ3) is 6.19. The number of sulfonamides is 1. The highest BCUT2D eigenvalue weighted by atomic mass is 32.2. The van der Waals surface area contributed by atoms with E-state index in [1.165, 1.54) is 25.1 Å². The van der Waals surface area contributed by atoms with Crippen LogP contribution in [0.1, 0.15) is 74.7 Å². The molecule has 0 bridgehead atoms. The second kappa shape index (κ2) is 12.0. The molecule has 232 valence electrons. The molecule has 5 rings (SSSR count). The third-order valence-electron chi connectivity index (χ3n) is 8.14. The van der Waals surface area contributed by atoms with Crippen molar-refractivity contribution in [2.24, 2.45) is 5.14 Å². The van der Waals surface area contributed by atoms with Crippen molar-refractivity contribution in [1.29, 1.82) is 0 Å². The van der Waals surface area contributed by atoms with Crippen LogP contribution in [0.4, 0.5) is 14.5 Å². The first-order valence-corrected chi connectivity index (χ1v) is 17.1. The van der Waals surface area contributed by atoms with Gasteiger partial charge in [0, 0.05) is 41.6 Å². The Kier molecular flexibility index (Phi) is 8.67. The molecule has 0 amide bonds. The highest BCUT2D eigenvalue weighted by molar-refractivity contribution is 7.89. The molecule has 0 atom stereocenters. The van der Waals surface area contributed by atoms with Crippen LogP contribution >= 0.6 is 0 Å². The molecule has 3 N–H and O–H groups in total. The van der Waals surface area contributed by atoms with Gasteiger partial charge in [-0.15, -0.1) is 0 Å². The smallest absolute Gasteiger partial charge is 0.359 e. The van der Waals surface area contributed by atoms with Gasteiger partial charge < -0.3 is 9.94 Å². The van der Waals surface area contributed by atoms with Gasteiger partial charge >= 0.3 is 10.3 Å². The molecule has 1 aromatic heterocycles. The monoisotopic (exact) mass is 637 g/mol. The molecule has 14 heteroatoms. The van der Waals surface area contributed by atoms with E-state index >= 15 is 0 Å². The number of primary sulfonamides is 1. The van der Waals surface area contributed by atoms with E-state index in [0.717, 1.165) is 31.4 Å². The summed E-state index contributed by atoms with van der Waals surface area (Å²) in [6, 6.07) is 6.61. The molecule has 0 spiro atoms. The molecular weight excluding hydrogens is 604 g/mol. The number of fused-ring (bicyclic) bond motifs is 1. The summed E-state index contributed by atoms with van der Waals surface area (Å²) in [5, 5.41) is 19.8. The number of ether oxygens (including phenoxy) is 1. The van der Waals surface area contributed by atoms with Crippen LogP contribution in [0.5, 0.6) is 11.5 Å². The molecule has 2 aliphatic rings. The number of nitrogens with zero attached hydrogens (tertiary/aromatic N) is 2. The van der Waals surface area contributed by atoms with E-state index in [4.69, 9.17) is 9.88 Å². The Morgan fingerprint density at radius 2 is 1.67 bits per heavy atom. The van der Waals surface area contributed by atoms with Gasteiger partial charge in [0.05, 0.1) is 5.69 Å². The van der Waals surface area contributed by atoms with Gasteiger partial charge in [0.2, 0.25) is 15.7 Å². The summed E-state index contributed by atoms with van der Waals surface area (Å²) in [5.74, 6) is -2.71. The van der Waals surface area contributed by atoms with Crippen LogP contribution in [0.15, 0.2) is 41.3 Å². The van der Waals surface area contributed by atoms with E-state index in [0.29, 0.717) is 64.9 Å². The van der Waals surface area contributed by atoms with Gasteiger partial charge in [0.1, 0.15) is 11.6 Å². The van der Waals surface area contributed by atoms with Crippen LogP contribution in [0, 0.1) is 16.8 Å². The lowest BCUT2D eigenvalue weighted by atomic mass is 9.82. The first-order valence-electron chi connectivity index (χ1n) is 14.2. The Bertz CT molecular complexity index is 1780. The van der Waals surface area contributed by atoms with Crippen molar-refractivity contribution in [2.45, 2.75) is 75.5 Å². The maximum absolute atomic E-state index is 14.7. The zero-order valence-corrected chi connectivity index (χ0v) is 25.2. The number of benzene rings is 2. The van der Waals surface area contributed by atoms with E-state index in [1.807, 2.05) is 0 Å². The number of halogens is 2. The summed E-state index contributed by atoms with van der Waals surface area (Å²) in [5.41, 5.74) is 0.917. The van der Waals surface area contributed by atoms with E-state index in [2.05, 4.69) is 0 Å². The minimum atomic E-state index is -4.74. The summed E-state index contributed by atoms with van der Waals surface area (Å²) in [4.78, 5) is -0.383. The number of aromatic nitrogens is 1. The molecule has 0 unspecified atom stereocenters. The number of rotatable bonds is 8. The van der Waals surface area contributed by atoms with Gasteiger partial charge in [0.25, 0.3) is 0 Å². The van der Waals surface area contributed by atoms with Crippen molar-refractivity contribution < 1.29 is 39.6 Å². The molecule has 1 saturated carbocycles. The van der Waals surface area contributed by atoms with Crippen molar-refractivity contribution in [3.63, 3.8) is 0 Å². The minimum Gasteiger partial charge on any atom is -0.618 e. The molecule has 2 aromatic carbocycles. The first kappa shape index (κ1) is 31.1. The Labute approximate surface area is 249 Å². The number of hydrogen-bond acceptors (Lipinski definition) is 6. The Morgan fingerprint density at radius 3 is 2.30 bits per heavy atom. The SMILES string of the molecule is CCN(c1ccc(Oc2ccc(F)cc2F)c(-c2c3c([n+]([O-])c(C4CCCCC4)c2S(N)(=O)=O)CCCC3)c1)S(=O)(=O)O. The standard InChI is InChI=1S/C29H33F2N3O7S2/c1-2-33(43(38,39)40)20-13-15-25(41-26-14-12-19(30)16-23(26)31)22(17-20)27-21-10-6-7-11-24(21)34(35)28(29(27)42(32,36)37)18-8-4-3-5-9-18/h12-18H,2-11H2,1H3,(H2,32,36,37)(H,38,39,40). The zero-order chi connectivity index (χ0) is 31.1. The quantitative estimate of drug-likeness (QED) is 0.194. The van der Waals surface area contributed by atoms with Gasteiger partial charge in [0.15, 0.2) is 22.2 Å². The van der Waals surface area contributed by atoms with Gasteiger partial charge in [-0.1, -0.05) is 19.3 Å². The van der Waals surface area contributed by atoms with Crippen molar-refractivity contribution in [1.82, 2.24) is 0 Å². The summed E-state index contributed by atoms with van der Waals surface area (Å²) >= 11 is 0. The lowest BCUT2D eigenvalue weighted by Gasteiger charge is -2.29. The fourth-order valence-electron chi connectivity index (χ4n) is 6.30. The zero-order valence-electron chi connectivity index (χ0n) is 23.6. The highest BCUT2D eigenvalue weighted by Gasteiger charge is 2.40. The fourth-order valence-corrected chi connectivity index (χ4v) is 8.06. The number of hydrogen-bond donors (Lipinski definition) is 2. The van der Waals surface area contributed by atoms with Crippen molar-refractivity contribution in [3.05, 3.63) is 70.2 Å². The molecule has 2 aliphatic carbocycles. The van der Waals surface area contributed by atoms with Gasteiger partial charge in [-0.25, -0.2) is 26.6 Å².